The third-order valence-corrected chi connectivity index (χ3v) is 4.03. The van der Waals surface area contributed by atoms with Gasteiger partial charge in [-0.3, -0.25) is 0 Å². The first-order valence-corrected chi connectivity index (χ1v) is 7.50. The number of halogens is 4. The van der Waals surface area contributed by atoms with Gasteiger partial charge in [-0.05, 0) is 30.3 Å². The van der Waals surface area contributed by atoms with E-state index in [0.29, 0.717) is 12.1 Å². The molecule has 0 N–H and O–H groups in total. The number of ether oxygens (including phenoxy) is 1. The summed E-state index contributed by atoms with van der Waals surface area (Å²) in [7, 11) is -3.32. The Labute approximate surface area is 129 Å². The molecule has 2 rings (SSSR count). The van der Waals surface area contributed by atoms with Crippen LogP contribution < -0.4 is 8.92 Å². The predicted octanol–water partition coefficient (Wildman–Crippen LogP) is 3.62. The molecule has 0 saturated heterocycles. The van der Waals surface area contributed by atoms with Gasteiger partial charge < -0.3 is 8.92 Å². The van der Waals surface area contributed by atoms with E-state index in [1.54, 1.807) is 6.07 Å². The molecule has 2 aromatic rings. The molecule has 0 unspecified atom stereocenters. The fourth-order valence-electron chi connectivity index (χ4n) is 1.73. The van der Waals surface area contributed by atoms with Crippen molar-refractivity contribution in [2.75, 3.05) is 7.11 Å². The third-order valence-electron chi connectivity index (χ3n) is 2.80. The summed E-state index contributed by atoms with van der Waals surface area (Å²) in [6, 6.07) is 6.98. The minimum atomic E-state index is -5.03. The van der Waals surface area contributed by atoms with E-state index in [4.69, 9.17) is 8.92 Å². The van der Waals surface area contributed by atoms with Crippen molar-refractivity contribution in [3.8, 4) is 11.5 Å². The van der Waals surface area contributed by atoms with Gasteiger partial charge in [0, 0.05) is 0 Å². The average molecular weight is 350 g/mol. The zero-order valence-corrected chi connectivity index (χ0v) is 12.4. The molecule has 0 radical (unpaired) electrons. The highest BCUT2D eigenvalue weighted by molar-refractivity contribution is 7.87. The summed E-state index contributed by atoms with van der Waals surface area (Å²) < 4.78 is 85.1. The molecule has 0 aliphatic carbocycles. The Morgan fingerprint density at radius 1 is 1.00 bits per heavy atom. The summed E-state index contributed by atoms with van der Waals surface area (Å²) in [6.07, 6.45) is -5.03. The van der Waals surface area contributed by atoms with Crippen LogP contribution in [0.3, 0.4) is 0 Å². The lowest BCUT2D eigenvalue weighted by molar-refractivity contribution is -0.140. The number of benzene rings is 2. The zero-order chi connectivity index (χ0) is 17.3. The van der Waals surface area contributed by atoms with Crippen LogP contribution in [0.1, 0.15) is 5.56 Å². The van der Waals surface area contributed by atoms with Crippen molar-refractivity contribution in [1.82, 2.24) is 0 Å². The number of alkyl halides is 3. The van der Waals surface area contributed by atoms with Crippen molar-refractivity contribution >= 4 is 10.1 Å². The van der Waals surface area contributed by atoms with Crippen LogP contribution in [-0.2, 0) is 16.3 Å². The molecule has 0 saturated carbocycles. The fourth-order valence-corrected chi connectivity index (χ4v) is 2.70. The van der Waals surface area contributed by atoms with Gasteiger partial charge in [-0.25, -0.2) is 4.39 Å². The van der Waals surface area contributed by atoms with Gasteiger partial charge >= 0.3 is 16.3 Å². The van der Waals surface area contributed by atoms with Crippen molar-refractivity contribution in [2.24, 2.45) is 0 Å². The Hall–Kier alpha value is -2.29. The molecule has 0 bridgehead atoms. The van der Waals surface area contributed by atoms with Crippen LogP contribution in [0.25, 0.3) is 0 Å². The van der Waals surface area contributed by atoms with E-state index in [0.717, 1.165) is 0 Å². The molecular weight excluding hydrogens is 340 g/mol. The summed E-state index contributed by atoms with van der Waals surface area (Å²) in [5.74, 6) is -1.70. The van der Waals surface area contributed by atoms with E-state index < -0.39 is 32.6 Å². The third kappa shape index (κ3) is 3.73. The lowest BCUT2D eigenvalue weighted by Gasteiger charge is -2.12. The van der Waals surface area contributed by atoms with Crippen molar-refractivity contribution in [3.63, 3.8) is 0 Å². The van der Waals surface area contributed by atoms with E-state index in [1.807, 2.05) is 0 Å². The molecule has 4 nitrogen and oxygen atoms in total. The second-order valence-corrected chi connectivity index (χ2v) is 5.87. The van der Waals surface area contributed by atoms with E-state index in [1.165, 1.54) is 25.3 Å². The molecule has 9 heteroatoms. The maximum absolute atomic E-state index is 13.2. The van der Waals surface area contributed by atoms with Crippen LogP contribution in [0.4, 0.5) is 17.6 Å². The lowest BCUT2D eigenvalue weighted by Crippen LogP contribution is -2.14. The number of para-hydroxylation sites is 2. The summed E-state index contributed by atoms with van der Waals surface area (Å²) in [5, 5.41) is 0. The molecule has 2 aromatic carbocycles. The Balaban J connectivity index is 2.45. The number of methoxy groups -OCH3 is 1. The van der Waals surface area contributed by atoms with Gasteiger partial charge in [0.25, 0.3) is 0 Å². The Bertz CT molecular complexity index is 816. The highest BCUT2D eigenvalue weighted by Crippen LogP contribution is 2.34. The summed E-state index contributed by atoms with van der Waals surface area (Å²) in [5.41, 5.74) is -1.69. The summed E-state index contributed by atoms with van der Waals surface area (Å²) in [4.78, 5) is -0.822. The largest absolute Gasteiger partial charge is 0.493 e. The van der Waals surface area contributed by atoms with Gasteiger partial charge in [0.2, 0.25) is 0 Å². The smallest absolute Gasteiger partial charge is 0.419 e. The van der Waals surface area contributed by atoms with Crippen LogP contribution in [0, 0.1) is 5.82 Å². The predicted molar refractivity (Wildman–Crippen MR) is 72.2 cm³/mol. The molecule has 23 heavy (non-hydrogen) atoms. The Morgan fingerprint density at radius 2 is 1.61 bits per heavy atom. The van der Waals surface area contributed by atoms with Crippen LogP contribution in [0.5, 0.6) is 11.5 Å². The number of hydrogen-bond donors (Lipinski definition) is 0. The molecule has 0 spiro atoms. The lowest BCUT2D eigenvalue weighted by atomic mass is 10.2. The highest BCUT2D eigenvalue weighted by Gasteiger charge is 2.35. The minimum Gasteiger partial charge on any atom is -0.493 e. The molecule has 0 fully saturated rings. The molecule has 0 heterocycles. The van der Waals surface area contributed by atoms with Gasteiger partial charge in [0.1, 0.15) is 10.7 Å². The van der Waals surface area contributed by atoms with E-state index in [-0.39, 0.29) is 17.6 Å². The maximum atomic E-state index is 13.2. The van der Waals surface area contributed by atoms with Crippen molar-refractivity contribution < 1.29 is 34.9 Å². The average Bonchev–Trinajstić information content (AvgIpc) is 2.46. The first-order valence-electron chi connectivity index (χ1n) is 6.09. The summed E-state index contributed by atoms with van der Waals surface area (Å²) >= 11 is 0. The van der Waals surface area contributed by atoms with E-state index in [9.17, 15) is 26.0 Å². The van der Waals surface area contributed by atoms with Crippen LogP contribution in [-0.4, -0.2) is 15.5 Å². The fraction of sp³-hybridized carbons (Fsp3) is 0.143. The van der Waals surface area contributed by atoms with Gasteiger partial charge in [-0.1, -0.05) is 12.1 Å². The van der Waals surface area contributed by atoms with Crippen LogP contribution >= 0.6 is 0 Å². The monoisotopic (exact) mass is 350 g/mol. The first kappa shape index (κ1) is 17.1. The summed E-state index contributed by atoms with van der Waals surface area (Å²) in [6.45, 7) is 0. The van der Waals surface area contributed by atoms with Gasteiger partial charge in [-0.2, -0.15) is 21.6 Å². The maximum Gasteiger partial charge on any atom is 0.419 e. The Kier molecular flexibility index (Phi) is 4.51. The molecule has 0 aromatic heterocycles. The van der Waals surface area contributed by atoms with E-state index >= 15 is 0 Å². The van der Waals surface area contributed by atoms with Crippen molar-refractivity contribution in [1.29, 1.82) is 0 Å². The van der Waals surface area contributed by atoms with Crippen LogP contribution in [0.2, 0.25) is 0 Å². The standard InChI is InChI=1S/C14H10F4O4S/c1-21-12-4-2-3-5-13(12)22-23(19,20)9-6-7-11(15)10(8-9)14(16,17)18/h2-8H,1H3. The number of rotatable bonds is 4. The van der Waals surface area contributed by atoms with Crippen LogP contribution in [0.15, 0.2) is 47.4 Å². The normalized spacial score (nSPS) is 12.0. The first-order chi connectivity index (χ1) is 10.6. The second-order valence-electron chi connectivity index (χ2n) is 4.33. The van der Waals surface area contributed by atoms with E-state index in [2.05, 4.69) is 0 Å². The molecule has 0 aliphatic rings. The molecular formula is C14H10F4O4S. The topological polar surface area (TPSA) is 52.6 Å². The SMILES string of the molecule is COc1ccccc1OS(=O)(=O)c1ccc(F)c(C(F)(F)F)c1. The van der Waals surface area contributed by atoms with Crippen molar-refractivity contribution in [2.45, 2.75) is 11.1 Å². The number of hydrogen-bond acceptors (Lipinski definition) is 4. The quantitative estimate of drug-likeness (QED) is 0.624. The Morgan fingerprint density at radius 3 is 2.17 bits per heavy atom. The van der Waals surface area contributed by atoms with Gasteiger partial charge in [0.05, 0.1) is 12.7 Å². The van der Waals surface area contributed by atoms with Gasteiger partial charge in [0.15, 0.2) is 11.5 Å². The molecule has 0 atom stereocenters. The second kappa shape index (κ2) is 6.07. The zero-order valence-electron chi connectivity index (χ0n) is 11.6. The minimum absolute atomic E-state index is 0.0780. The van der Waals surface area contributed by atoms with Gasteiger partial charge in [-0.15, -0.1) is 0 Å². The highest BCUT2D eigenvalue weighted by atomic mass is 32.2. The molecule has 124 valence electrons. The molecule has 0 amide bonds. The molecule has 0 aliphatic heterocycles. The van der Waals surface area contributed by atoms with Crippen molar-refractivity contribution in [3.05, 3.63) is 53.8 Å².